The minimum absolute atomic E-state index is 0.0925. The first-order valence-corrected chi connectivity index (χ1v) is 11.6. The average Bonchev–Trinajstić information content (AvgIpc) is 3.55. The van der Waals surface area contributed by atoms with Crippen LogP contribution in [0.4, 0.5) is 11.6 Å². The van der Waals surface area contributed by atoms with Crippen molar-refractivity contribution in [2.45, 2.75) is 13.5 Å². The van der Waals surface area contributed by atoms with Crippen LogP contribution < -0.4 is 14.8 Å². The fraction of sp³-hybridized carbons (Fsp3) is 0.185. The number of carbonyl (C=O) groups is 2. The Kier molecular flexibility index (Phi) is 7.76. The molecule has 0 fully saturated rings. The second-order valence-corrected chi connectivity index (χ2v) is 8.02. The summed E-state index contributed by atoms with van der Waals surface area (Å²) in [6.07, 6.45) is 1.72. The summed E-state index contributed by atoms with van der Waals surface area (Å²) in [7, 11) is 3.01. The fourth-order valence-electron chi connectivity index (χ4n) is 3.95. The first-order chi connectivity index (χ1) is 18.4. The standard InChI is InChI=1S/C27H25N3O8/c1-4-37-27(32)25-24(28-26(31)21-12-13-23(38-21)30(33)34)19(16-29(25)15-17-8-6-5-7-9-17)18-10-11-20(35-2)22(14-18)36-3/h5-14,16H,4,15H2,1-3H3,(H,28,31). The van der Waals surface area contributed by atoms with Gasteiger partial charge < -0.3 is 28.5 Å². The van der Waals surface area contributed by atoms with Gasteiger partial charge in [-0.25, -0.2) is 4.79 Å². The van der Waals surface area contributed by atoms with Crippen LogP contribution in [0.3, 0.4) is 0 Å². The highest BCUT2D eigenvalue weighted by molar-refractivity contribution is 6.10. The third-order valence-electron chi connectivity index (χ3n) is 5.67. The Morgan fingerprint density at radius 3 is 2.39 bits per heavy atom. The first-order valence-electron chi connectivity index (χ1n) is 11.6. The van der Waals surface area contributed by atoms with Crippen molar-refractivity contribution in [1.82, 2.24) is 4.57 Å². The van der Waals surface area contributed by atoms with Crippen LogP contribution in [-0.4, -0.2) is 42.2 Å². The van der Waals surface area contributed by atoms with Crippen molar-refractivity contribution in [2.24, 2.45) is 0 Å². The van der Waals surface area contributed by atoms with Gasteiger partial charge in [0.25, 0.3) is 5.91 Å². The maximum atomic E-state index is 13.2. The number of nitrogens with one attached hydrogen (secondary N) is 1. The maximum Gasteiger partial charge on any atom is 0.433 e. The summed E-state index contributed by atoms with van der Waals surface area (Å²) >= 11 is 0. The van der Waals surface area contributed by atoms with E-state index in [-0.39, 0.29) is 23.7 Å². The first kappa shape index (κ1) is 26.0. The summed E-state index contributed by atoms with van der Waals surface area (Å²) in [6, 6.07) is 16.9. The van der Waals surface area contributed by atoms with Gasteiger partial charge in [0.1, 0.15) is 4.92 Å². The van der Waals surface area contributed by atoms with Gasteiger partial charge in [0.15, 0.2) is 23.0 Å². The number of furan rings is 1. The molecule has 4 aromatic rings. The second kappa shape index (κ2) is 11.3. The molecule has 0 unspecified atom stereocenters. The smallest absolute Gasteiger partial charge is 0.433 e. The second-order valence-electron chi connectivity index (χ2n) is 8.02. The highest BCUT2D eigenvalue weighted by Crippen LogP contribution is 2.39. The molecular weight excluding hydrogens is 494 g/mol. The van der Waals surface area contributed by atoms with Crippen molar-refractivity contribution in [3.05, 3.63) is 94.0 Å². The minimum atomic E-state index is -0.775. The Hall–Kier alpha value is -5.06. The molecule has 0 atom stereocenters. The third-order valence-corrected chi connectivity index (χ3v) is 5.67. The number of ether oxygens (including phenoxy) is 3. The van der Waals surface area contributed by atoms with E-state index in [2.05, 4.69) is 5.32 Å². The van der Waals surface area contributed by atoms with Crippen molar-refractivity contribution in [3.8, 4) is 22.6 Å². The van der Waals surface area contributed by atoms with Gasteiger partial charge in [-0.2, -0.15) is 0 Å². The van der Waals surface area contributed by atoms with Gasteiger partial charge in [0, 0.05) is 18.3 Å². The predicted octanol–water partition coefficient (Wildman–Crippen LogP) is 5.15. The molecule has 4 rings (SSSR count). The number of anilines is 1. The quantitative estimate of drug-likeness (QED) is 0.173. The van der Waals surface area contributed by atoms with E-state index in [1.807, 2.05) is 30.3 Å². The number of hydrogen-bond donors (Lipinski definition) is 1. The number of nitro groups is 1. The summed E-state index contributed by atoms with van der Waals surface area (Å²) in [5.41, 5.74) is 2.25. The molecule has 11 nitrogen and oxygen atoms in total. The number of esters is 1. The van der Waals surface area contributed by atoms with E-state index in [1.54, 1.807) is 35.9 Å². The lowest BCUT2D eigenvalue weighted by molar-refractivity contribution is -0.402. The molecule has 0 aliphatic rings. The van der Waals surface area contributed by atoms with Crippen molar-refractivity contribution in [1.29, 1.82) is 0 Å². The minimum Gasteiger partial charge on any atom is -0.493 e. The fourth-order valence-corrected chi connectivity index (χ4v) is 3.95. The molecule has 0 aliphatic heterocycles. The number of rotatable bonds is 10. The lowest BCUT2D eigenvalue weighted by Gasteiger charge is -2.12. The number of carbonyl (C=O) groups excluding carboxylic acids is 2. The van der Waals surface area contributed by atoms with E-state index in [4.69, 9.17) is 18.6 Å². The van der Waals surface area contributed by atoms with E-state index in [9.17, 15) is 19.7 Å². The molecule has 0 aliphatic carbocycles. The van der Waals surface area contributed by atoms with Crippen molar-refractivity contribution in [2.75, 3.05) is 26.1 Å². The normalized spacial score (nSPS) is 10.6. The number of aromatic nitrogens is 1. The Morgan fingerprint density at radius 2 is 1.76 bits per heavy atom. The highest BCUT2D eigenvalue weighted by atomic mass is 16.6. The van der Waals surface area contributed by atoms with Gasteiger partial charge in [-0.05, 0) is 36.2 Å². The molecule has 2 heterocycles. The Labute approximate surface area is 217 Å². The summed E-state index contributed by atoms with van der Waals surface area (Å²) in [5.74, 6) is -1.36. The summed E-state index contributed by atoms with van der Waals surface area (Å²) in [5, 5.41) is 13.7. The number of hydrogen-bond acceptors (Lipinski definition) is 8. The van der Waals surface area contributed by atoms with Gasteiger partial charge in [-0.3, -0.25) is 14.9 Å². The molecule has 0 spiro atoms. The van der Waals surface area contributed by atoms with Crippen LogP contribution in [-0.2, 0) is 11.3 Å². The van der Waals surface area contributed by atoms with Crippen LogP contribution in [0.15, 0.2) is 71.3 Å². The van der Waals surface area contributed by atoms with Gasteiger partial charge in [0.05, 0.1) is 32.6 Å². The molecule has 0 saturated heterocycles. The van der Waals surface area contributed by atoms with E-state index < -0.39 is 22.7 Å². The summed E-state index contributed by atoms with van der Waals surface area (Å²) in [6.45, 7) is 2.09. The molecule has 0 bridgehead atoms. The maximum absolute atomic E-state index is 13.2. The SMILES string of the molecule is CCOC(=O)c1c(NC(=O)c2ccc([N+](=O)[O-])o2)c(-c2ccc(OC)c(OC)c2)cn1Cc1ccccc1. The third kappa shape index (κ3) is 5.36. The number of nitrogens with zero attached hydrogens (tertiary/aromatic N) is 2. The molecule has 196 valence electrons. The van der Waals surface area contributed by atoms with Crippen LogP contribution in [0, 0.1) is 10.1 Å². The van der Waals surface area contributed by atoms with Crippen molar-refractivity contribution < 1.29 is 33.1 Å². The van der Waals surface area contributed by atoms with E-state index in [1.165, 1.54) is 20.3 Å². The van der Waals surface area contributed by atoms with Crippen LogP contribution in [0.1, 0.15) is 33.5 Å². The van der Waals surface area contributed by atoms with E-state index >= 15 is 0 Å². The Balaban J connectivity index is 1.88. The van der Waals surface area contributed by atoms with Crippen molar-refractivity contribution in [3.63, 3.8) is 0 Å². The van der Waals surface area contributed by atoms with Crippen LogP contribution in [0.2, 0.25) is 0 Å². The molecule has 1 N–H and O–H groups in total. The van der Waals surface area contributed by atoms with Gasteiger partial charge in [-0.1, -0.05) is 36.4 Å². The summed E-state index contributed by atoms with van der Waals surface area (Å²) < 4.78 is 22.9. The number of amides is 1. The highest BCUT2D eigenvalue weighted by Gasteiger charge is 2.28. The lowest BCUT2D eigenvalue weighted by atomic mass is 10.1. The number of benzene rings is 2. The monoisotopic (exact) mass is 519 g/mol. The zero-order valence-corrected chi connectivity index (χ0v) is 20.9. The van der Waals surface area contributed by atoms with E-state index in [0.717, 1.165) is 11.6 Å². The topological polar surface area (TPSA) is 135 Å². The van der Waals surface area contributed by atoms with Crippen LogP contribution in [0.5, 0.6) is 11.5 Å². The Morgan fingerprint density at radius 1 is 1.03 bits per heavy atom. The summed E-state index contributed by atoms with van der Waals surface area (Å²) in [4.78, 5) is 36.6. The molecule has 2 aromatic carbocycles. The van der Waals surface area contributed by atoms with Gasteiger partial charge in [-0.15, -0.1) is 0 Å². The predicted molar refractivity (Wildman–Crippen MR) is 138 cm³/mol. The van der Waals surface area contributed by atoms with Crippen LogP contribution in [0.25, 0.3) is 11.1 Å². The molecule has 0 saturated carbocycles. The average molecular weight is 520 g/mol. The zero-order chi connectivity index (χ0) is 27.2. The molecule has 0 radical (unpaired) electrons. The molecule has 2 aromatic heterocycles. The zero-order valence-electron chi connectivity index (χ0n) is 20.9. The molecule has 38 heavy (non-hydrogen) atoms. The Bertz CT molecular complexity index is 1470. The van der Waals surface area contributed by atoms with E-state index in [0.29, 0.717) is 29.2 Å². The van der Waals surface area contributed by atoms with Crippen LogP contribution >= 0.6 is 0 Å². The largest absolute Gasteiger partial charge is 0.493 e. The number of methoxy groups -OCH3 is 2. The van der Waals surface area contributed by atoms with Crippen molar-refractivity contribution >= 4 is 23.4 Å². The lowest BCUT2D eigenvalue weighted by Crippen LogP contribution is -2.18. The van der Waals surface area contributed by atoms with Gasteiger partial charge in [0.2, 0.25) is 0 Å². The molecular formula is C27H25N3O8. The molecule has 11 heteroatoms. The molecule has 1 amide bonds. The van der Waals surface area contributed by atoms with Gasteiger partial charge >= 0.3 is 11.9 Å².